The van der Waals surface area contributed by atoms with Crippen LogP contribution in [-0.4, -0.2) is 17.4 Å². The molecule has 0 radical (unpaired) electrons. The first kappa shape index (κ1) is 17.0. The number of nitrogens with two attached hydrogens (primary N) is 1. The number of nitro groups is 1. The van der Waals surface area contributed by atoms with Crippen molar-refractivity contribution in [2.45, 2.75) is 26.2 Å². The van der Waals surface area contributed by atoms with Gasteiger partial charge in [-0.3, -0.25) is 14.9 Å². The summed E-state index contributed by atoms with van der Waals surface area (Å²) < 4.78 is 26.7. The standard InChI is InChI=1S/C13H17F2N3O3/c1-8(6-7-16)2-5-11(19)17-13-10(18(20)21)4-3-9(14)12(13)15/h3-4,8H,2,5-7,16H2,1H3,(H,17,19). The number of nitro benzene ring substituents is 1. The smallest absolute Gasteiger partial charge is 0.296 e. The van der Waals surface area contributed by atoms with Crippen LogP contribution in [0.3, 0.4) is 0 Å². The number of nitrogens with zero attached hydrogens (tertiary/aromatic N) is 1. The molecule has 0 saturated carbocycles. The number of hydrogen-bond donors (Lipinski definition) is 2. The Labute approximate surface area is 120 Å². The second-order valence-electron chi connectivity index (χ2n) is 4.78. The van der Waals surface area contributed by atoms with Crippen LogP contribution < -0.4 is 11.1 Å². The van der Waals surface area contributed by atoms with Crippen molar-refractivity contribution in [1.82, 2.24) is 0 Å². The van der Waals surface area contributed by atoms with Crippen molar-refractivity contribution < 1.29 is 18.5 Å². The number of hydrogen-bond acceptors (Lipinski definition) is 4. The van der Waals surface area contributed by atoms with Crippen molar-refractivity contribution in [3.05, 3.63) is 33.9 Å². The molecular formula is C13H17F2N3O3. The fraction of sp³-hybridized carbons (Fsp3) is 0.462. The van der Waals surface area contributed by atoms with Gasteiger partial charge >= 0.3 is 0 Å². The Hall–Kier alpha value is -2.09. The van der Waals surface area contributed by atoms with E-state index in [-0.39, 0.29) is 12.3 Å². The van der Waals surface area contributed by atoms with Gasteiger partial charge < -0.3 is 11.1 Å². The topological polar surface area (TPSA) is 98.3 Å². The van der Waals surface area contributed by atoms with Crippen molar-refractivity contribution in [2.24, 2.45) is 11.7 Å². The van der Waals surface area contributed by atoms with Gasteiger partial charge in [0.1, 0.15) is 0 Å². The van der Waals surface area contributed by atoms with Gasteiger partial charge in [-0.25, -0.2) is 8.78 Å². The molecule has 1 rings (SSSR count). The minimum atomic E-state index is -1.44. The molecule has 6 nitrogen and oxygen atoms in total. The van der Waals surface area contributed by atoms with Crippen LogP contribution in [0.25, 0.3) is 0 Å². The highest BCUT2D eigenvalue weighted by molar-refractivity contribution is 5.93. The van der Waals surface area contributed by atoms with Gasteiger partial charge in [0, 0.05) is 12.5 Å². The summed E-state index contributed by atoms with van der Waals surface area (Å²) in [5.41, 5.74) is 3.96. The molecule has 0 spiro atoms. The number of benzene rings is 1. The Morgan fingerprint density at radius 2 is 2.10 bits per heavy atom. The average Bonchev–Trinajstić information content (AvgIpc) is 2.42. The SMILES string of the molecule is CC(CCN)CCC(=O)Nc1c([N+](=O)[O-])ccc(F)c1F. The number of carbonyl (C=O) groups is 1. The van der Waals surface area contributed by atoms with Crippen LogP contribution in [0.2, 0.25) is 0 Å². The van der Waals surface area contributed by atoms with E-state index < -0.39 is 33.8 Å². The zero-order chi connectivity index (χ0) is 16.0. The minimum absolute atomic E-state index is 0.0499. The van der Waals surface area contributed by atoms with Crippen LogP contribution in [-0.2, 0) is 4.79 Å². The Morgan fingerprint density at radius 3 is 2.67 bits per heavy atom. The molecule has 0 bridgehead atoms. The summed E-state index contributed by atoms with van der Waals surface area (Å²) in [6.07, 6.45) is 1.30. The lowest BCUT2D eigenvalue weighted by atomic mass is 10.0. The second-order valence-corrected chi connectivity index (χ2v) is 4.78. The van der Waals surface area contributed by atoms with Crippen molar-refractivity contribution >= 4 is 17.3 Å². The average molecular weight is 301 g/mol. The summed E-state index contributed by atoms with van der Waals surface area (Å²) in [6.45, 7) is 2.40. The molecule has 8 heteroatoms. The van der Waals surface area contributed by atoms with Crippen LogP contribution in [0.1, 0.15) is 26.2 Å². The van der Waals surface area contributed by atoms with E-state index in [0.29, 0.717) is 19.0 Å². The predicted molar refractivity (Wildman–Crippen MR) is 73.7 cm³/mol. The summed E-state index contributed by atoms with van der Waals surface area (Å²) in [7, 11) is 0. The lowest BCUT2D eigenvalue weighted by molar-refractivity contribution is -0.384. The molecule has 116 valence electrons. The molecule has 1 aromatic carbocycles. The summed E-state index contributed by atoms with van der Waals surface area (Å²) in [4.78, 5) is 21.6. The molecule has 0 aliphatic rings. The first-order valence-electron chi connectivity index (χ1n) is 6.49. The van der Waals surface area contributed by atoms with Crippen molar-refractivity contribution in [2.75, 3.05) is 11.9 Å². The zero-order valence-electron chi connectivity index (χ0n) is 11.6. The van der Waals surface area contributed by atoms with Crippen LogP contribution in [0.4, 0.5) is 20.2 Å². The molecule has 0 fully saturated rings. The van der Waals surface area contributed by atoms with E-state index in [1.54, 1.807) is 0 Å². The van der Waals surface area contributed by atoms with Gasteiger partial charge in [0.05, 0.1) is 4.92 Å². The third-order valence-electron chi connectivity index (χ3n) is 3.06. The highest BCUT2D eigenvalue weighted by atomic mass is 19.2. The van der Waals surface area contributed by atoms with Gasteiger partial charge in [-0.05, 0) is 31.4 Å². The Morgan fingerprint density at radius 1 is 1.43 bits per heavy atom. The Bertz CT molecular complexity index is 538. The van der Waals surface area contributed by atoms with Crippen LogP contribution in [0.5, 0.6) is 0 Å². The van der Waals surface area contributed by atoms with E-state index in [1.807, 2.05) is 6.92 Å². The number of anilines is 1. The largest absolute Gasteiger partial charge is 0.330 e. The van der Waals surface area contributed by atoms with E-state index in [0.717, 1.165) is 12.5 Å². The molecule has 3 N–H and O–H groups in total. The number of rotatable bonds is 7. The number of nitrogens with one attached hydrogen (secondary N) is 1. The maximum Gasteiger partial charge on any atom is 0.296 e. The summed E-state index contributed by atoms with van der Waals surface area (Å²) in [6, 6.07) is 1.46. The summed E-state index contributed by atoms with van der Waals surface area (Å²) >= 11 is 0. The van der Waals surface area contributed by atoms with Gasteiger partial charge in [-0.1, -0.05) is 6.92 Å². The van der Waals surface area contributed by atoms with Gasteiger partial charge in [-0.2, -0.15) is 0 Å². The molecule has 21 heavy (non-hydrogen) atoms. The van der Waals surface area contributed by atoms with Crippen molar-refractivity contribution in [1.29, 1.82) is 0 Å². The van der Waals surface area contributed by atoms with Crippen molar-refractivity contribution in [3.8, 4) is 0 Å². The first-order valence-corrected chi connectivity index (χ1v) is 6.49. The normalized spacial score (nSPS) is 12.0. The first-order chi connectivity index (χ1) is 9.86. The maximum absolute atomic E-state index is 13.6. The highest BCUT2D eigenvalue weighted by Gasteiger charge is 2.23. The monoisotopic (exact) mass is 301 g/mol. The third kappa shape index (κ3) is 4.75. The maximum atomic E-state index is 13.6. The van der Waals surface area contributed by atoms with Gasteiger partial charge in [0.25, 0.3) is 5.69 Å². The Balaban J connectivity index is 2.80. The van der Waals surface area contributed by atoms with Gasteiger partial charge in [0.2, 0.25) is 5.91 Å². The highest BCUT2D eigenvalue weighted by Crippen LogP contribution is 2.29. The molecule has 0 aliphatic heterocycles. The summed E-state index contributed by atoms with van der Waals surface area (Å²) in [5, 5.41) is 12.8. The number of carbonyl (C=O) groups excluding carboxylic acids is 1. The molecular weight excluding hydrogens is 284 g/mol. The zero-order valence-corrected chi connectivity index (χ0v) is 11.6. The van der Waals surface area contributed by atoms with Crippen LogP contribution in [0, 0.1) is 27.7 Å². The molecule has 1 atom stereocenters. The van der Waals surface area contributed by atoms with E-state index in [4.69, 9.17) is 5.73 Å². The van der Waals surface area contributed by atoms with E-state index in [9.17, 15) is 23.7 Å². The molecule has 0 aromatic heterocycles. The molecule has 0 saturated heterocycles. The molecule has 1 aromatic rings. The quantitative estimate of drug-likeness (QED) is 0.597. The van der Waals surface area contributed by atoms with Crippen LogP contribution >= 0.6 is 0 Å². The van der Waals surface area contributed by atoms with E-state index in [2.05, 4.69) is 5.32 Å². The minimum Gasteiger partial charge on any atom is -0.330 e. The third-order valence-corrected chi connectivity index (χ3v) is 3.06. The van der Waals surface area contributed by atoms with E-state index >= 15 is 0 Å². The second kappa shape index (κ2) is 7.63. The lowest BCUT2D eigenvalue weighted by Gasteiger charge is -2.10. The van der Waals surface area contributed by atoms with Crippen LogP contribution in [0.15, 0.2) is 12.1 Å². The molecule has 0 aliphatic carbocycles. The fourth-order valence-corrected chi connectivity index (χ4v) is 1.82. The predicted octanol–water partition coefficient (Wildman–Crippen LogP) is 2.58. The van der Waals surface area contributed by atoms with Crippen molar-refractivity contribution in [3.63, 3.8) is 0 Å². The lowest BCUT2D eigenvalue weighted by Crippen LogP contribution is -2.16. The van der Waals surface area contributed by atoms with Gasteiger partial charge in [0.15, 0.2) is 17.3 Å². The molecule has 1 amide bonds. The van der Waals surface area contributed by atoms with E-state index in [1.165, 1.54) is 0 Å². The number of amides is 1. The Kier molecular flexibility index (Phi) is 6.16. The molecule has 0 heterocycles. The van der Waals surface area contributed by atoms with Gasteiger partial charge in [-0.15, -0.1) is 0 Å². The molecule has 1 unspecified atom stereocenters. The number of halogens is 2. The summed E-state index contributed by atoms with van der Waals surface area (Å²) in [5.74, 6) is -3.10. The fourth-order valence-electron chi connectivity index (χ4n) is 1.82.